The molecule has 2 aromatic carbocycles. The maximum absolute atomic E-state index is 12.2. The maximum atomic E-state index is 12.2. The molecule has 0 unspecified atom stereocenters. The lowest BCUT2D eigenvalue weighted by atomic mass is 10.3. The Morgan fingerprint density at radius 2 is 1.88 bits per heavy atom. The van der Waals surface area contributed by atoms with Gasteiger partial charge < -0.3 is 24.8 Å². The van der Waals surface area contributed by atoms with Crippen LogP contribution >= 0.6 is 0 Å². The summed E-state index contributed by atoms with van der Waals surface area (Å²) in [6.45, 7) is 4.53. The molecule has 2 N–H and O–H groups in total. The monoisotopic (exact) mass is 342 g/mol. The second-order valence-corrected chi connectivity index (χ2v) is 6.20. The van der Waals surface area contributed by atoms with Crippen LogP contribution in [-0.4, -0.2) is 31.1 Å². The third-order valence-corrected chi connectivity index (χ3v) is 3.66. The highest BCUT2D eigenvalue weighted by Crippen LogP contribution is 2.29. The molecule has 0 aromatic heterocycles. The molecule has 1 aliphatic rings. The van der Waals surface area contributed by atoms with Crippen molar-refractivity contribution in [3.63, 3.8) is 0 Å². The summed E-state index contributed by atoms with van der Waals surface area (Å²) in [4.78, 5) is 12.2. The van der Waals surface area contributed by atoms with E-state index in [2.05, 4.69) is 10.6 Å². The molecule has 1 saturated heterocycles. The predicted octanol–water partition coefficient (Wildman–Crippen LogP) is 3.75. The molecular formula is C19H22N2O4. The second-order valence-electron chi connectivity index (χ2n) is 6.20. The van der Waals surface area contributed by atoms with Crippen LogP contribution in [0.2, 0.25) is 0 Å². The molecule has 6 heteroatoms. The van der Waals surface area contributed by atoms with Crippen molar-refractivity contribution in [2.45, 2.75) is 25.7 Å². The fraction of sp³-hybridized carbons (Fsp3) is 0.316. The van der Waals surface area contributed by atoms with Crippen molar-refractivity contribution >= 4 is 11.7 Å². The van der Waals surface area contributed by atoms with E-state index < -0.39 is 5.79 Å². The van der Waals surface area contributed by atoms with Gasteiger partial charge in [-0.1, -0.05) is 30.3 Å². The number of para-hydroxylation sites is 3. The molecule has 0 spiro atoms. The first-order valence-corrected chi connectivity index (χ1v) is 8.20. The molecule has 1 atom stereocenters. The molecule has 0 saturated carbocycles. The van der Waals surface area contributed by atoms with Crippen LogP contribution in [0.5, 0.6) is 11.5 Å². The van der Waals surface area contributed by atoms with Crippen LogP contribution in [0.25, 0.3) is 0 Å². The standard InChI is InChI=1S/C19H22N2O4/c1-19(2)23-13-15(25-19)12-20-18(22)21-16-10-6-7-11-17(16)24-14-8-4-3-5-9-14/h3-11,15H,12-13H2,1-2H3,(H2,20,21,22)/t15-/m0/s1. The van der Waals surface area contributed by atoms with Gasteiger partial charge in [-0.15, -0.1) is 0 Å². The fourth-order valence-corrected chi connectivity index (χ4v) is 2.51. The number of nitrogens with one attached hydrogen (secondary N) is 2. The molecule has 3 rings (SSSR count). The van der Waals surface area contributed by atoms with E-state index in [9.17, 15) is 4.79 Å². The van der Waals surface area contributed by atoms with Crippen LogP contribution < -0.4 is 15.4 Å². The molecule has 2 aromatic rings. The van der Waals surface area contributed by atoms with Crippen molar-refractivity contribution in [1.82, 2.24) is 5.32 Å². The Morgan fingerprint density at radius 3 is 2.60 bits per heavy atom. The van der Waals surface area contributed by atoms with E-state index in [0.29, 0.717) is 30.3 Å². The third-order valence-electron chi connectivity index (χ3n) is 3.66. The van der Waals surface area contributed by atoms with Crippen LogP contribution in [0.1, 0.15) is 13.8 Å². The van der Waals surface area contributed by atoms with Gasteiger partial charge in [-0.3, -0.25) is 0 Å². The highest BCUT2D eigenvalue weighted by atomic mass is 16.7. The van der Waals surface area contributed by atoms with E-state index in [1.165, 1.54) is 0 Å². The Morgan fingerprint density at radius 1 is 1.16 bits per heavy atom. The van der Waals surface area contributed by atoms with E-state index in [0.717, 1.165) is 0 Å². The largest absolute Gasteiger partial charge is 0.455 e. The van der Waals surface area contributed by atoms with Crippen molar-refractivity contribution in [3.05, 3.63) is 54.6 Å². The second kappa shape index (κ2) is 7.55. The molecule has 0 bridgehead atoms. The molecule has 1 aliphatic heterocycles. The number of ether oxygens (including phenoxy) is 3. The smallest absolute Gasteiger partial charge is 0.319 e. The van der Waals surface area contributed by atoms with Crippen molar-refractivity contribution in [1.29, 1.82) is 0 Å². The normalized spacial score (nSPS) is 18.6. The summed E-state index contributed by atoms with van der Waals surface area (Å²) in [5, 5.41) is 5.60. The summed E-state index contributed by atoms with van der Waals surface area (Å²) in [6, 6.07) is 16.4. The van der Waals surface area contributed by atoms with Crippen LogP contribution in [0.15, 0.2) is 54.6 Å². The van der Waals surface area contributed by atoms with E-state index in [1.807, 2.05) is 56.3 Å². The first kappa shape index (κ1) is 17.3. The molecule has 25 heavy (non-hydrogen) atoms. The van der Waals surface area contributed by atoms with Gasteiger partial charge in [0.1, 0.15) is 11.9 Å². The van der Waals surface area contributed by atoms with Gasteiger partial charge in [0.15, 0.2) is 11.5 Å². The van der Waals surface area contributed by atoms with Gasteiger partial charge in [0.25, 0.3) is 0 Å². The molecule has 2 amide bonds. The van der Waals surface area contributed by atoms with Crippen molar-refractivity contribution in [2.24, 2.45) is 0 Å². The number of urea groups is 1. The highest BCUT2D eigenvalue weighted by Gasteiger charge is 2.32. The van der Waals surface area contributed by atoms with Crippen LogP contribution in [0, 0.1) is 0 Å². The number of hydrogen-bond acceptors (Lipinski definition) is 4. The first-order valence-electron chi connectivity index (χ1n) is 8.20. The average molecular weight is 342 g/mol. The van der Waals surface area contributed by atoms with E-state index in [4.69, 9.17) is 14.2 Å². The minimum Gasteiger partial charge on any atom is -0.455 e. The SMILES string of the molecule is CC1(C)OC[C@H](CNC(=O)Nc2ccccc2Oc2ccccc2)O1. The lowest BCUT2D eigenvalue weighted by Gasteiger charge is -2.17. The van der Waals surface area contributed by atoms with Crippen LogP contribution in [0.4, 0.5) is 10.5 Å². The summed E-state index contributed by atoms with van der Waals surface area (Å²) in [5.74, 6) is 0.681. The van der Waals surface area contributed by atoms with Gasteiger partial charge in [0, 0.05) is 6.54 Å². The van der Waals surface area contributed by atoms with Gasteiger partial charge in [-0.2, -0.15) is 0 Å². The Hall–Kier alpha value is -2.57. The zero-order chi connectivity index (χ0) is 17.7. The Labute approximate surface area is 147 Å². The Bertz CT molecular complexity index is 718. The number of anilines is 1. The first-order chi connectivity index (χ1) is 12.0. The molecule has 132 valence electrons. The highest BCUT2D eigenvalue weighted by molar-refractivity contribution is 5.90. The minimum atomic E-state index is -0.598. The van der Waals surface area contributed by atoms with Gasteiger partial charge in [0.05, 0.1) is 12.3 Å². The van der Waals surface area contributed by atoms with Gasteiger partial charge in [-0.05, 0) is 38.1 Å². The molecule has 1 fully saturated rings. The van der Waals surface area contributed by atoms with Crippen molar-refractivity contribution in [3.8, 4) is 11.5 Å². The van der Waals surface area contributed by atoms with Crippen molar-refractivity contribution in [2.75, 3.05) is 18.5 Å². The zero-order valence-corrected chi connectivity index (χ0v) is 14.3. The lowest BCUT2D eigenvalue weighted by Crippen LogP contribution is -2.37. The van der Waals surface area contributed by atoms with Crippen LogP contribution in [-0.2, 0) is 9.47 Å². The molecule has 0 radical (unpaired) electrons. The zero-order valence-electron chi connectivity index (χ0n) is 14.3. The van der Waals surface area contributed by atoms with E-state index in [-0.39, 0.29) is 12.1 Å². The minimum absolute atomic E-state index is 0.156. The van der Waals surface area contributed by atoms with Crippen molar-refractivity contribution < 1.29 is 19.0 Å². The third kappa shape index (κ3) is 4.95. The topological polar surface area (TPSA) is 68.8 Å². The average Bonchev–Trinajstić information content (AvgIpc) is 2.95. The summed E-state index contributed by atoms with van der Waals surface area (Å²) in [5.41, 5.74) is 0.591. The molecule has 6 nitrogen and oxygen atoms in total. The Kier molecular flexibility index (Phi) is 5.21. The number of carbonyl (C=O) groups is 1. The number of benzene rings is 2. The summed E-state index contributed by atoms with van der Waals surface area (Å²) >= 11 is 0. The number of amides is 2. The van der Waals surface area contributed by atoms with Gasteiger partial charge in [0.2, 0.25) is 0 Å². The number of rotatable bonds is 5. The quantitative estimate of drug-likeness (QED) is 0.868. The van der Waals surface area contributed by atoms with Gasteiger partial charge in [-0.25, -0.2) is 4.79 Å². The summed E-state index contributed by atoms with van der Waals surface area (Å²) < 4.78 is 17.0. The summed E-state index contributed by atoms with van der Waals surface area (Å²) in [6.07, 6.45) is -0.156. The van der Waals surface area contributed by atoms with Gasteiger partial charge >= 0.3 is 6.03 Å². The fourth-order valence-electron chi connectivity index (χ4n) is 2.51. The maximum Gasteiger partial charge on any atom is 0.319 e. The molecule has 1 heterocycles. The van der Waals surface area contributed by atoms with E-state index >= 15 is 0 Å². The number of carbonyl (C=O) groups excluding carboxylic acids is 1. The Balaban J connectivity index is 1.56. The van der Waals surface area contributed by atoms with E-state index in [1.54, 1.807) is 12.1 Å². The lowest BCUT2D eigenvalue weighted by molar-refractivity contribution is -0.137. The molecular weight excluding hydrogens is 320 g/mol. The van der Waals surface area contributed by atoms with Crippen LogP contribution in [0.3, 0.4) is 0 Å². The molecule has 0 aliphatic carbocycles. The number of hydrogen-bond donors (Lipinski definition) is 2. The summed E-state index contributed by atoms with van der Waals surface area (Å²) in [7, 11) is 0. The predicted molar refractivity (Wildman–Crippen MR) is 94.9 cm³/mol.